The molecule has 0 saturated heterocycles. The predicted octanol–water partition coefficient (Wildman–Crippen LogP) is 3.76. The summed E-state index contributed by atoms with van der Waals surface area (Å²) >= 11 is 3.55. The molecule has 0 unspecified atom stereocenters. The van der Waals surface area contributed by atoms with Gasteiger partial charge in [0.05, 0.1) is 10.2 Å². The number of aryl methyl sites for hydroxylation is 2. The highest BCUT2D eigenvalue weighted by molar-refractivity contribution is 9.10. The van der Waals surface area contributed by atoms with Crippen LogP contribution in [0.15, 0.2) is 34.8 Å². The molecule has 0 aliphatic rings. The summed E-state index contributed by atoms with van der Waals surface area (Å²) in [6.45, 7) is 6.02. The SMILES string of the molecule is Cc1nn(CCCNc2ccccc2)c(C)c1Br. The maximum absolute atomic E-state index is 4.50. The van der Waals surface area contributed by atoms with Crippen LogP contribution in [0.25, 0.3) is 0 Å². The molecule has 18 heavy (non-hydrogen) atoms. The van der Waals surface area contributed by atoms with Crippen LogP contribution in [0.2, 0.25) is 0 Å². The molecule has 0 spiro atoms. The Morgan fingerprint density at radius 1 is 1.22 bits per heavy atom. The van der Waals surface area contributed by atoms with E-state index >= 15 is 0 Å². The van der Waals surface area contributed by atoms with E-state index in [4.69, 9.17) is 0 Å². The van der Waals surface area contributed by atoms with Crippen molar-refractivity contribution in [2.45, 2.75) is 26.8 Å². The lowest BCUT2D eigenvalue weighted by Crippen LogP contribution is -2.08. The van der Waals surface area contributed by atoms with Gasteiger partial charge in [0, 0.05) is 24.5 Å². The smallest absolute Gasteiger partial charge is 0.0738 e. The zero-order valence-electron chi connectivity index (χ0n) is 10.8. The van der Waals surface area contributed by atoms with E-state index in [0.29, 0.717) is 0 Å². The fraction of sp³-hybridized carbons (Fsp3) is 0.357. The predicted molar refractivity (Wildman–Crippen MR) is 78.9 cm³/mol. The van der Waals surface area contributed by atoms with Gasteiger partial charge in [0.25, 0.3) is 0 Å². The first-order valence-electron chi connectivity index (χ1n) is 6.17. The first kappa shape index (κ1) is 13.1. The minimum Gasteiger partial charge on any atom is -0.385 e. The summed E-state index contributed by atoms with van der Waals surface area (Å²) in [5, 5.41) is 7.90. The first-order valence-corrected chi connectivity index (χ1v) is 6.96. The summed E-state index contributed by atoms with van der Waals surface area (Å²) in [5.41, 5.74) is 3.43. The van der Waals surface area contributed by atoms with Gasteiger partial charge in [0.15, 0.2) is 0 Å². The van der Waals surface area contributed by atoms with Crippen molar-refractivity contribution in [1.82, 2.24) is 9.78 Å². The third-order valence-electron chi connectivity index (χ3n) is 2.94. The van der Waals surface area contributed by atoms with E-state index in [-0.39, 0.29) is 0 Å². The lowest BCUT2D eigenvalue weighted by molar-refractivity contribution is 0.573. The highest BCUT2D eigenvalue weighted by Crippen LogP contribution is 2.19. The maximum Gasteiger partial charge on any atom is 0.0738 e. The number of anilines is 1. The van der Waals surface area contributed by atoms with E-state index in [1.807, 2.05) is 25.1 Å². The number of halogens is 1. The van der Waals surface area contributed by atoms with Crippen molar-refractivity contribution in [3.63, 3.8) is 0 Å². The molecule has 1 aromatic heterocycles. The standard InChI is InChI=1S/C14H18BrN3/c1-11-14(15)12(2)18(17-11)10-6-9-16-13-7-4-3-5-8-13/h3-5,7-8,16H,6,9-10H2,1-2H3. The van der Waals surface area contributed by atoms with E-state index in [9.17, 15) is 0 Å². The molecule has 0 fully saturated rings. The van der Waals surface area contributed by atoms with Gasteiger partial charge < -0.3 is 5.32 Å². The number of para-hydroxylation sites is 1. The first-order chi connectivity index (χ1) is 8.68. The minimum absolute atomic E-state index is 0.943. The summed E-state index contributed by atoms with van der Waals surface area (Å²) in [4.78, 5) is 0. The van der Waals surface area contributed by atoms with Gasteiger partial charge in [-0.25, -0.2) is 0 Å². The average molecular weight is 308 g/mol. The van der Waals surface area contributed by atoms with Gasteiger partial charge in [-0.15, -0.1) is 0 Å². The zero-order chi connectivity index (χ0) is 13.0. The van der Waals surface area contributed by atoms with Crippen molar-refractivity contribution >= 4 is 21.6 Å². The van der Waals surface area contributed by atoms with Crippen LogP contribution in [0.5, 0.6) is 0 Å². The highest BCUT2D eigenvalue weighted by Gasteiger charge is 2.07. The summed E-state index contributed by atoms with van der Waals surface area (Å²) in [6, 6.07) is 10.3. The number of benzene rings is 1. The summed E-state index contributed by atoms with van der Waals surface area (Å²) in [7, 11) is 0. The molecule has 0 saturated carbocycles. The Balaban J connectivity index is 1.80. The average Bonchev–Trinajstić information content (AvgIpc) is 2.64. The Bertz CT molecular complexity index is 505. The van der Waals surface area contributed by atoms with E-state index in [2.05, 4.69) is 50.1 Å². The van der Waals surface area contributed by atoms with Gasteiger partial charge in [-0.1, -0.05) is 18.2 Å². The van der Waals surface area contributed by atoms with Gasteiger partial charge in [0.2, 0.25) is 0 Å². The molecular weight excluding hydrogens is 290 g/mol. The van der Waals surface area contributed by atoms with Crippen LogP contribution in [0.3, 0.4) is 0 Å². The van der Waals surface area contributed by atoms with Crippen LogP contribution < -0.4 is 5.32 Å². The van der Waals surface area contributed by atoms with Crippen LogP contribution in [0.4, 0.5) is 5.69 Å². The van der Waals surface area contributed by atoms with Crippen molar-refractivity contribution in [1.29, 1.82) is 0 Å². The Kier molecular flexibility index (Phi) is 4.42. The normalized spacial score (nSPS) is 10.6. The lowest BCUT2D eigenvalue weighted by atomic mass is 10.3. The summed E-state index contributed by atoms with van der Waals surface area (Å²) in [6.07, 6.45) is 1.06. The van der Waals surface area contributed by atoms with E-state index in [0.717, 1.165) is 29.7 Å². The molecule has 4 heteroatoms. The third kappa shape index (κ3) is 3.13. The number of nitrogens with zero attached hydrogens (tertiary/aromatic N) is 2. The van der Waals surface area contributed by atoms with Crippen LogP contribution in [0, 0.1) is 13.8 Å². The van der Waals surface area contributed by atoms with E-state index < -0.39 is 0 Å². The molecule has 0 atom stereocenters. The second-order valence-corrected chi connectivity index (χ2v) is 5.15. The van der Waals surface area contributed by atoms with Crippen molar-refractivity contribution in [2.24, 2.45) is 0 Å². The van der Waals surface area contributed by atoms with Crippen molar-refractivity contribution < 1.29 is 0 Å². The van der Waals surface area contributed by atoms with Crippen LogP contribution in [-0.2, 0) is 6.54 Å². The van der Waals surface area contributed by atoms with Gasteiger partial charge in [0.1, 0.15) is 0 Å². The van der Waals surface area contributed by atoms with E-state index in [1.54, 1.807) is 0 Å². The molecule has 0 amide bonds. The quantitative estimate of drug-likeness (QED) is 0.852. The monoisotopic (exact) mass is 307 g/mol. The number of nitrogens with one attached hydrogen (secondary N) is 1. The Labute approximate surface area is 116 Å². The van der Waals surface area contributed by atoms with Crippen LogP contribution in [0.1, 0.15) is 17.8 Å². The molecule has 96 valence electrons. The van der Waals surface area contributed by atoms with Crippen molar-refractivity contribution in [3.8, 4) is 0 Å². The Morgan fingerprint density at radius 2 is 1.94 bits per heavy atom. The molecule has 1 aromatic carbocycles. The number of hydrogen-bond acceptors (Lipinski definition) is 2. The zero-order valence-corrected chi connectivity index (χ0v) is 12.4. The maximum atomic E-state index is 4.50. The minimum atomic E-state index is 0.943. The molecular formula is C14H18BrN3. The highest BCUT2D eigenvalue weighted by atomic mass is 79.9. The third-order valence-corrected chi connectivity index (χ3v) is 4.09. The molecule has 1 heterocycles. The van der Waals surface area contributed by atoms with Gasteiger partial charge in [-0.2, -0.15) is 5.10 Å². The fourth-order valence-corrected chi connectivity index (χ4v) is 2.19. The molecule has 0 aliphatic carbocycles. The summed E-state index contributed by atoms with van der Waals surface area (Å²) in [5.74, 6) is 0. The largest absolute Gasteiger partial charge is 0.385 e. The molecule has 3 nitrogen and oxygen atoms in total. The second-order valence-electron chi connectivity index (χ2n) is 4.35. The van der Waals surface area contributed by atoms with Crippen LogP contribution in [-0.4, -0.2) is 16.3 Å². The Morgan fingerprint density at radius 3 is 2.56 bits per heavy atom. The summed E-state index contributed by atoms with van der Waals surface area (Å²) < 4.78 is 3.19. The molecule has 2 rings (SSSR count). The lowest BCUT2D eigenvalue weighted by Gasteiger charge is -2.07. The topological polar surface area (TPSA) is 29.9 Å². The molecule has 1 N–H and O–H groups in total. The van der Waals surface area contributed by atoms with Gasteiger partial charge in [-0.05, 0) is 48.3 Å². The number of aromatic nitrogens is 2. The van der Waals surface area contributed by atoms with Gasteiger partial charge in [-0.3, -0.25) is 4.68 Å². The second kappa shape index (κ2) is 6.05. The number of hydrogen-bond donors (Lipinski definition) is 1. The molecule has 0 radical (unpaired) electrons. The molecule has 2 aromatic rings. The Hall–Kier alpha value is -1.29. The van der Waals surface area contributed by atoms with Crippen molar-refractivity contribution in [3.05, 3.63) is 46.2 Å². The molecule has 0 aliphatic heterocycles. The van der Waals surface area contributed by atoms with Gasteiger partial charge >= 0.3 is 0 Å². The van der Waals surface area contributed by atoms with Crippen molar-refractivity contribution in [2.75, 3.05) is 11.9 Å². The van der Waals surface area contributed by atoms with E-state index in [1.165, 1.54) is 11.4 Å². The molecule has 0 bridgehead atoms. The number of rotatable bonds is 5. The fourth-order valence-electron chi connectivity index (χ4n) is 1.91. The van der Waals surface area contributed by atoms with Crippen LogP contribution >= 0.6 is 15.9 Å².